The maximum Gasteiger partial charge on any atom is 0.322 e. The van der Waals surface area contributed by atoms with Gasteiger partial charge in [0.25, 0.3) is 0 Å². The first-order chi connectivity index (χ1) is 9.66. The maximum absolute atomic E-state index is 12.1. The van der Waals surface area contributed by atoms with Gasteiger partial charge in [0.1, 0.15) is 17.3 Å². The predicted octanol–water partition coefficient (Wildman–Crippen LogP) is 1.22. The Kier molecular flexibility index (Phi) is 5.14. The minimum atomic E-state index is -0.167. The Labute approximate surface area is 122 Å². The van der Waals surface area contributed by atoms with E-state index in [4.69, 9.17) is 27.4 Å². The van der Waals surface area contributed by atoms with Crippen molar-refractivity contribution in [3.8, 4) is 5.75 Å². The summed E-state index contributed by atoms with van der Waals surface area (Å²) < 4.78 is 10.7. The minimum Gasteiger partial charge on any atom is -0.484 e. The molecule has 0 aliphatic carbocycles. The maximum atomic E-state index is 12.1. The first kappa shape index (κ1) is 14.5. The number of hydrogen-bond acceptors (Lipinski definition) is 4. The number of carbonyl (C=O) groups excluding carboxylic acids is 1. The summed E-state index contributed by atoms with van der Waals surface area (Å²) in [5, 5.41) is 2.83. The lowest BCUT2D eigenvalue weighted by atomic mass is 10.3. The fourth-order valence-electron chi connectivity index (χ4n) is 1.81. The monoisotopic (exact) mass is 295 g/mol. The van der Waals surface area contributed by atoms with Gasteiger partial charge in [-0.2, -0.15) is 0 Å². The summed E-state index contributed by atoms with van der Waals surface area (Å²) >= 11 is 4.77. The number of carbonyl (C=O) groups is 1. The van der Waals surface area contributed by atoms with E-state index < -0.39 is 0 Å². The van der Waals surface area contributed by atoms with Crippen molar-refractivity contribution in [3.63, 3.8) is 0 Å². The molecule has 1 saturated heterocycles. The van der Waals surface area contributed by atoms with E-state index in [9.17, 15) is 4.79 Å². The highest BCUT2D eigenvalue weighted by Gasteiger charge is 2.17. The van der Waals surface area contributed by atoms with E-state index in [1.54, 1.807) is 17.0 Å². The zero-order valence-corrected chi connectivity index (χ0v) is 11.8. The van der Waals surface area contributed by atoms with Gasteiger partial charge in [-0.05, 0) is 12.1 Å². The smallest absolute Gasteiger partial charge is 0.322 e. The third-order valence-electron chi connectivity index (χ3n) is 2.80. The summed E-state index contributed by atoms with van der Waals surface area (Å²) in [7, 11) is 0. The first-order valence-corrected chi connectivity index (χ1v) is 6.71. The van der Waals surface area contributed by atoms with Crippen LogP contribution in [-0.2, 0) is 4.74 Å². The fraction of sp³-hybridized carbons (Fsp3) is 0.385. The van der Waals surface area contributed by atoms with E-state index in [-0.39, 0.29) is 17.6 Å². The molecule has 20 heavy (non-hydrogen) atoms. The standard InChI is InChI=1S/C13H17N3O3S/c14-12(20)9-19-11-4-2-1-3-10(11)15-13(17)16-5-7-18-8-6-16/h1-4H,5-9H2,(H2,14,20)(H,15,17). The highest BCUT2D eigenvalue weighted by molar-refractivity contribution is 7.80. The molecule has 0 aromatic heterocycles. The Morgan fingerprint density at radius 1 is 1.40 bits per heavy atom. The average molecular weight is 295 g/mol. The van der Waals surface area contributed by atoms with Crippen LogP contribution in [0.4, 0.5) is 10.5 Å². The van der Waals surface area contributed by atoms with E-state index in [0.717, 1.165) is 0 Å². The number of para-hydroxylation sites is 2. The summed E-state index contributed by atoms with van der Waals surface area (Å²) in [5.41, 5.74) is 6.00. The fourth-order valence-corrected chi connectivity index (χ4v) is 1.86. The molecule has 7 heteroatoms. The molecular formula is C13H17N3O3S. The van der Waals surface area contributed by atoms with Crippen LogP contribution in [0.3, 0.4) is 0 Å². The number of morpholine rings is 1. The SMILES string of the molecule is NC(=S)COc1ccccc1NC(=O)N1CCOCC1. The quantitative estimate of drug-likeness (QED) is 0.817. The highest BCUT2D eigenvalue weighted by atomic mass is 32.1. The Balaban J connectivity index is 2.00. The average Bonchev–Trinajstić information content (AvgIpc) is 2.47. The van der Waals surface area contributed by atoms with Gasteiger partial charge in [0.2, 0.25) is 0 Å². The lowest BCUT2D eigenvalue weighted by Gasteiger charge is -2.27. The van der Waals surface area contributed by atoms with Crippen molar-refractivity contribution in [1.29, 1.82) is 0 Å². The van der Waals surface area contributed by atoms with E-state index >= 15 is 0 Å². The van der Waals surface area contributed by atoms with E-state index in [1.165, 1.54) is 0 Å². The third kappa shape index (κ3) is 4.07. The molecule has 108 valence electrons. The van der Waals surface area contributed by atoms with Crippen molar-refractivity contribution in [2.75, 3.05) is 38.2 Å². The number of rotatable bonds is 4. The molecule has 6 nitrogen and oxygen atoms in total. The van der Waals surface area contributed by atoms with Crippen LogP contribution >= 0.6 is 12.2 Å². The number of anilines is 1. The van der Waals surface area contributed by atoms with E-state index in [1.807, 2.05) is 12.1 Å². The molecule has 1 fully saturated rings. The largest absolute Gasteiger partial charge is 0.484 e. The van der Waals surface area contributed by atoms with Crippen molar-refractivity contribution < 1.29 is 14.3 Å². The normalized spacial score (nSPS) is 14.7. The lowest BCUT2D eigenvalue weighted by molar-refractivity contribution is 0.0564. The number of hydrogen-bond donors (Lipinski definition) is 2. The van der Waals surface area contributed by atoms with Crippen LogP contribution in [0.25, 0.3) is 0 Å². The number of nitrogens with two attached hydrogens (primary N) is 1. The molecule has 1 aromatic rings. The molecule has 1 aliphatic heterocycles. The molecule has 1 heterocycles. The molecule has 0 radical (unpaired) electrons. The number of benzene rings is 1. The van der Waals surface area contributed by atoms with Crippen LogP contribution in [-0.4, -0.2) is 48.8 Å². The molecule has 2 rings (SSSR count). The van der Waals surface area contributed by atoms with Gasteiger partial charge in [-0.15, -0.1) is 0 Å². The van der Waals surface area contributed by atoms with Crippen LogP contribution in [0.5, 0.6) is 5.75 Å². The molecule has 0 atom stereocenters. The van der Waals surface area contributed by atoms with Crippen LogP contribution < -0.4 is 15.8 Å². The van der Waals surface area contributed by atoms with Gasteiger partial charge in [0.15, 0.2) is 0 Å². The van der Waals surface area contributed by atoms with E-state index in [2.05, 4.69) is 5.32 Å². The summed E-state index contributed by atoms with van der Waals surface area (Å²) in [6.07, 6.45) is 0. The predicted molar refractivity (Wildman–Crippen MR) is 80.1 cm³/mol. The third-order valence-corrected chi connectivity index (χ3v) is 2.91. The molecule has 1 aromatic carbocycles. The van der Waals surface area contributed by atoms with Crippen LogP contribution in [0, 0.1) is 0 Å². The van der Waals surface area contributed by atoms with Gasteiger partial charge in [-0.25, -0.2) is 4.79 Å². The number of nitrogens with zero attached hydrogens (tertiary/aromatic N) is 1. The zero-order chi connectivity index (χ0) is 14.4. The first-order valence-electron chi connectivity index (χ1n) is 6.30. The summed E-state index contributed by atoms with van der Waals surface area (Å²) in [5.74, 6) is 0.543. The Bertz CT molecular complexity index is 490. The number of amides is 2. The highest BCUT2D eigenvalue weighted by Crippen LogP contribution is 2.24. The summed E-state index contributed by atoms with van der Waals surface area (Å²) in [4.78, 5) is 14.1. The molecule has 0 bridgehead atoms. The Hall–Kier alpha value is -1.86. The van der Waals surface area contributed by atoms with Gasteiger partial charge in [-0.1, -0.05) is 24.4 Å². The van der Waals surface area contributed by atoms with E-state index in [0.29, 0.717) is 37.7 Å². The van der Waals surface area contributed by atoms with Crippen LogP contribution in [0.15, 0.2) is 24.3 Å². The van der Waals surface area contributed by atoms with Gasteiger partial charge < -0.3 is 25.4 Å². The lowest BCUT2D eigenvalue weighted by Crippen LogP contribution is -2.43. The van der Waals surface area contributed by atoms with Crippen molar-refractivity contribution >= 4 is 28.9 Å². The molecule has 1 aliphatic rings. The van der Waals surface area contributed by atoms with Crippen molar-refractivity contribution in [1.82, 2.24) is 4.90 Å². The molecule has 3 N–H and O–H groups in total. The van der Waals surface area contributed by atoms with Crippen molar-refractivity contribution in [2.24, 2.45) is 5.73 Å². The number of nitrogens with one attached hydrogen (secondary N) is 1. The molecule has 0 unspecified atom stereocenters. The molecule has 0 saturated carbocycles. The number of urea groups is 1. The Morgan fingerprint density at radius 2 is 2.10 bits per heavy atom. The molecule has 0 spiro atoms. The topological polar surface area (TPSA) is 76.8 Å². The summed E-state index contributed by atoms with van der Waals surface area (Å²) in [6, 6.07) is 7.00. The van der Waals surface area contributed by atoms with Crippen LogP contribution in [0.1, 0.15) is 0 Å². The van der Waals surface area contributed by atoms with Crippen molar-refractivity contribution in [2.45, 2.75) is 0 Å². The van der Waals surface area contributed by atoms with Crippen molar-refractivity contribution in [3.05, 3.63) is 24.3 Å². The second-order valence-electron chi connectivity index (χ2n) is 4.28. The second kappa shape index (κ2) is 7.06. The van der Waals surface area contributed by atoms with Gasteiger partial charge in [0.05, 0.1) is 18.9 Å². The number of thiocarbonyl (C=S) groups is 1. The van der Waals surface area contributed by atoms with Gasteiger partial charge in [-0.3, -0.25) is 0 Å². The second-order valence-corrected chi connectivity index (χ2v) is 4.81. The van der Waals surface area contributed by atoms with Gasteiger partial charge >= 0.3 is 6.03 Å². The van der Waals surface area contributed by atoms with Crippen LogP contribution in [0.2, 0.25) is 0 Å². The minimum absolute atomic E-state index is 0.139. The Morgan fingerprint density at radius 3 is 2.80 bits per heavy atom. The zero-order valence-electron chi connectivity index (χ0n) is 11.0. The summed E-state index contributed by atoms with van der Waals surface area (Å²) in [6.45, 7) is 2.43. The number of ether oxygens (including phenoxy) is 2. The molecule has 2 amide bonds. The molecular weight excluding hydrogens is 278 g/mol. The van der Waals surface area contributed by atoms with Gasteiger partial charge in [0, 0.05) is 13.1 Å².